The Morgan fingerprint density at radius 1 is 1.14 bits per heavy atom. The van der Waals surface area contributed by atoms with E-state index in [0.29, 0.717) is 11.5 Å². The van der Waals surface area contributed by atoms with Crippen LogP contribution in [-0.2, 0) is 16.1 Å². The number of carbonyl (C=O) groups is 1. The maximum Gasteiger partial charge on any atom is 0.351 e. The van der Waals surface area contributed by atoms with Crippen molar-refractivity contribution < 1.29 is 19.0 Å². The second-order valence-electron chi connectivity index (χ2n) is 4.90. The second-order valence-corrected chi connectivity index (χ2v) is 4.90. The molecule has 0 radical (unpaired) electrons. The number of ether oxygens (including phenoxy) is 3. The molecule has 0 fully saturated rings. The van der Waals surface area contributed by atoms with Gasteiger partial charge in [-0.15, -0.1) is 0 Å². The Hall–Kier alpha value is -2.49. The van der Waals surface area contributed by atoms with Crippen LogP contribution < -0.4 is 9.47 Å². The van der Waals surface area contributed by atoms with Gasteiger partial charge in [-0.3, -0.25) is 0 Å². The van der Waals surface area contributed by atoms with Crippen LogP contribution in [-0.4, -0.2) is 18.7 Å². The summed E-state index contributed by atoms with van der Waals surface area (Å²) < 4.78 is 16.4. The molecule has 21 heavy (non-hydrogen) atoms. The lowest BCUT2D eigenvalue weighted by atomic mass is 10.1. The number of aryl methyl sites for hydroxylation is 1. The van der Waals surface area contributed by atoms with Gasteiger partial charge in [-0.1, -0.05) is 36.4 Å². The molecule has 1 heterocycles. The van der Waals surface area contributed by atoms with Crippen molar-refractivity contribution in [2.45, 2.75) is 19.6 Å². The summed E-state index contributed by atoms with van der Waals surface area (Å²) >= 11 is 0. The molecule has 1 atom stereocenters. The molecule has 0 unspecified atom stereocenters. The van der Waals surface area contributed by atoms with E-state index in [-0.39, 0.29) is 13.2 Å². The Morgan fingerprint density at radius 2 is 1.86 bits per heavy atom. The van der Waals surface area contributed by atoms with Crippen LogP contribution in [0, 0.1) is 6.92 Å². The number of hydrogen-bond acceptors (Lipinski definition) is 4. The van der Waals surface area contributed by atoms with E-state index < -0.39 is 12.1 Å². The molecule has 0 amide bonds. The van der Waals surface area contributed by atoms with Gasteiger partial charge < -0.3 is 14.2 Å². The molecule has 4 heteroatoms. The first-order valence-electron chi connectivity index (χ1n) is 6.83. The molecule has 0 aromatic heterocycles. The highest BCUT2D eigenvalue weighted by Crippen LogP contribution is 2.31. The number of esters is 1. The summed E-state index contributed by atoms with van der Waals surface area (Å²) in [6.07, 6.45) is -0.719. The maximum absolute atomic E-state index is 12.1. The van der Waals surface area contributed by atoms with E-state index in [0.717, 1.165) is 11.1 Å². The molecule has 4 nitrogen and oxygen atoms in total. The molecule has 0 spiro atoms. The minimum atomic E-state index is -0.719. The topological polar surface area (TPSA) is 44.8 Å². The second kappa shape index (κ2) is 5.87. The highest BCUT2D eigenvalue weighted by molar-refractivity contribution is 5.76. The Balaban J connectivity index is 1.61. The number of hydrogen-bond donors (Lipinski definition) is 0. The van der Waals surface area contributed by atoms with E-state index in [4.69, 9.17) is 14.2 Å². The zero-order chi connectivity index (χ0) is 14.7. The van der Waals surface area contributed by atoms with E-state index in [1.807, 2.05) is 49.4 Å². The molecular formula is C17H16O4. The fraction of sp³-hybridized carbons (Fsp3) is 0.235. The minimum absolute atomic E-state index is 0.170. The summed E-state index contributed by atoms with van der Waals surface area (Å²) in [4.78, 5) is 12.1. The highest BCUT2D eigenvalue weighted by Gasteiger charge is 2.28. The van der Waals surface area contributed by atoms with Gasteiger partial charge in [0.1, 0.15) is 13.2 Å². The summed E-state index contributed by atoms with van der Waals surface area (Å²) in [5, 5.41) is 0. The van der Waals surface area contributed by atoms with Crippen LogP contribution in [0.2, 0.25) is 0 Å². The zero-order valence-electron chi connectivity index (χ0n) is 11.7. The Bertz CT molecular complexity index is 651. The van der Waals surface area contributed by atoms with E-state index >= 15 is 0 Å². The molecule has 0 saturated heterocycles. The molecule has 0 saturated carbocycles. The van der Waals surface area contributed by atoms with E-state index in [9.17, 15) is 4.79 Å². The zero-order valence-corrected chi connectivity index (χ0v) is 11.7. The van der Waals surface area contributed by atoms with Gasteiger partial charge in [-0.05, 0) is 30.2 Å². The predicted molar refractivity (Wildman–Crippen MR) is 77.3 cm³/mol. The van der Waals surface area contributed by atoms with Gasteiger partial charge in [0.25, 0.3) is 0 Å². The molecule has 2 aromatic rings. The van der Waals surface area contributed by atoms with Crippen LogP contribution >= 0.6 is 0 Å². The van der Waals surface area contributed by atoms with Crippen LogP contribution in [0.25, 0.3) is 0 Å². The van der Waals surface area contributed by atoms with Crippen molar-refractivity contribution in [2.75, 3.05) is 6.61 Å². The van der Waals surface area contributed by atoms with Gasteiger partial charge in [-0.25, -0.2) is 4.79 Å². The monoisotopic (exact) mass is 284 g/mol. The van der Waals surface area contributed by atoms with Crippen molar-refractivity contribution in [1.82, 2.24) is 0 Å². The van der Waals surface area contributed by atoms with E-state index in [2.05, 4.69) is 0 Å². The molecule has 0 N–H and O–H groups in total. The standard InChI is InChI=1S/C17H16O4/c1-12-6-2-3-7-13(12)10-20-17(18)16-11-19-14-8-4-5-9-15(14)21-16/h2-9,16H,10-11H2,1H3/t16-/m1/s1. The lowest BCUT2D eigenvalue weighted by Crippen LogP contribution is -2.37. The number of rotatable bonds is 3. The third-order valence-corrected chi connectivity index (χ3v) is 3.40. The van der Waals surface area contributed by atoms with Crippen LogP contribution in [0.4, 0.5) is 0 Å². The Morgan fingerprint density at radius 3 is 2.67 bits per heavy atom. The average Bonchev–Trinajstić information content (AvgIpc) is 2.53. The normalized spacial score (nSPS) is 16.3. The van der Waals surface area contributed by atoms with Crippen LogP contribution in [0.5, 0.6) is 11.5 Å². The lowest BCUT2D eigenvalue weighted by Gasteiger charge is -2.25. The molecule has 1 aliphatic rings. The van der Waals surface area contributed by atoms with Crippen molar-refractivity contribution in [1.29, 1.82) is 0 Å². The molecular weight excluding hydrogens is 268 g/mol. The molecule has 1 aliphatic heterocycles. The molecule has 2 aromatic carbocycles. The van der Waals surface area contributed by atoms with Gasteiger partial charge in [0.15, 0.2) is 11.5 Å². The first kappa shape index (κ1) is 13.5. The van der Waals surface area contributed by atoms with Gasteiger partial charge in [0, 0.05) is 0 Å². The fourth-order valence-electron chi connectivity index (χ4n) is 2.15. The number of fused-ring (bicyclic) bond motifs is 1. The Labute approximate surface area is 123 Å². The fourth-order valence-corrected chi connectivity index (χ4v) is 2.15. The number of para-hydroxylation sites is 2. The summed E-state index contributed by atoms with van der Waals surface area (Å²) in [6.45, 7) is 2.40. The van der Waals surface area contributed by atoms with E-state index in [1.54, 1.807) is 6.07 Å². The first-order valence-corrected chi connectivity index (χ1v) is 6.83. The predicted octanol–water partition coefficient (Wildman–Crippen LogP) is 2.88. The average molecular weight is 284 g/mol. The third kappa shape index (κ3) is 2.99. The molecule has 0 aliphatic carbocycles. The van der Waals surface area contributed by atoms with Crippen LogP contribution in [0.15, 0.2) is 48.5 Å². The van der Waals surface area contributed by atoms with Crippen molar-refractivity contribution in [2.24, 2.45) is 0 Å². The summed E-state index contributed by atoms with van der Waals surface area (Å²) in [6, 6.07) is 15.1. The molecule has 3 rings (SSSR count). The van der Waals surface area contributed by atoms with E-state index in [1.165, 1.54) is 0 Å². The van der Waals surface area contributed by atoms with Crippen molar-refractivity contribution in [3.63, 3.8) is 0 Å². The SMILES string of the molecule is Cc1ccccc1COC(=O)[C@H]1COc2ccccc2O1. The third-order valence-electron chi connectivity index (χ3n) is 3.40. The molecule has 0 bridgehead atoms. The van der Waals surface area contributed by atoms with Crippen LogP contribution in [0.1, 0.15) is 11.1 Å². The largest absolute Gasteiger partial charge is 0.485 e. The van der Waals surface area contributed by atoms with Gasteiger partial charge in [0.2, 0.25) is 6.10 Å². The summed E-state index contributed by atoms with van der Waals surface area (Å²) in [5.41, 5.74) is 2.08. The first-order chi connectivity index (χ1) is 10.2. The smallest absolute Gasteiger partial charge is 0.351 e. The van der Waals surface area contributed by atoms with Crippen molar-refractivity contribution in [3.8, 4) is 11.5 Å². The summed E-state index contributed by atoms with van der Waals surface area (Å²) in [5.74, 6) is 0.815. The van der Waals surface area contributed by atoms with Gasteiger partial charge in [-0.2, -0.15) is 0 Å². The van der Waals surface area contributed by atoms with Gasteiger partial charge in [0.05, 0.1) is 0 Å². The number of benzene rings is 2. The van der Waals surface area contributed by atoms with Crippen LogP contribution in [0.3, 0.4) is 0 Å². The van der Waals surface area contributed by atoms with Crippen molar-refractivity contribution in [3.05, 3.63) is 59.7 Å². The molecule has 108 valence electrons. The number of carbonyl (C=O) groups excluding carboxylic acids is 1. The quantitative estimate of drug-likeness (QED) is 0.813. The van der Waals surface area contributed by atoms with Crippen molar-refractivity contribution >= 4 is 5.97 Å². The highest BCUT2D eigenvalue weighted by atomic mass is 16.6. The van der Waals surface area contributed by atoms with Gasteiger partial charge >= 0.3 is 5.97 Å². The minimum Gasteiger partial charge on any atom is -0.485 e. The Kier molecular flexibility index (Phi) is 3.77. The lowest BCUT2D eigenvalue weighted by molar-refractivity contribution is -0.155. The maximum atomic E-state index is 12.1. The summed E-state index contributed by atoms with van der Waals surface area (Å²) in [7, 11) is 0.